The van der Waals surface area contributed by atoms with E-state index >= 15 is 0 Å². The summed E-state index contributed by atoms with van der Waals surface area (Å²) in [6.07, 6.45) is 23.1. The lowest BCUT2D eigenvalue weighted by Gasteiger charge is -2.31. The molecule has 1 aliphatic carbocycles. The third kappa shape index (κ3) is 10.3. The summed E-state index contributed by atoms with van der Waals surface area (Å²) in [6, 6.07) is 25.0. The number of halogens is 2. The number of fused-ring (bicyclic) bond motifs is 2. The van der Waals surface area contributed by atoms with Gasteiger partial charge >= 0.3 is 0 Å². The number of allylic oxidation sites excluding steroid dienone is 5. The van der Waals surface area contributed by atoms with Crippen molar-refractivity contribution >= 4 is 64.7 Å². The molecule has 258 valence electrons. The summed E-state index contributed by atoms with van der Waals surface area (Å²) in [7, 11) is 4.13. The van der Waals surface area contributed by atoms with Gasteiger partial charge in [0, 0.05) is 36.8 Å². The van der Waals surface area contributed by atoms with E-state index in [0.29, 0.717) is 11.7 Å². The van der Waals surface area contributed by atoms with Crippen molar-refractivity contribution in [3.63, 3.8) is 0 Å². The average molecular weight is 710 g/mol. The van der Waals surface area contributed by atoms with Crippen LogP contribution in [0.3, 0.4) is 0 Å². The number of nitrogens with zero attached hydrogens (tertiary/aromatic N) is 2. The van der Waals surface area contributed by atoms with Gasteiger partial charge in [0.15, 0.2) is 6.20 Å². The summed E-state index contributed by atoms with van der Waals surface area (Å²) >= 11 is 0. The van der Waals surface area contributed by atoms with Gasteiger partial charge in [-0.25, -0.2) is 4.57 Å². The minimum atomic E-state index is -0.954. The van der Waals surface area contributed by atoms with E-state index in [9.17, 15) is 9.59 Å². The smallest absolute Gasteiger partial charge is 0.241 e. The Balaban J connectivity index is 0.000000273. The number of carbonyl (C=O) groups is 2. The maximum atomic E-state index is 11.9. The van der Waals surface area contributed by atoms with E-state index in [1.54, 1.807) is 12.1 Å². The third-order valence-corrected chi connectivity index (χ3v) is 8.12. The quantitative estimate of drug-likeness (QED) is 0.165. The molecular weight excluding hydrogens is 667 g/mol. The molecule has 0 radical (unpaired) electrons. The molecule has 7 N–H and O–H groups in total. The molecule has 1 aromatic heterocycles. The number of nitrogens with two attached hydrogens (primary N) is 3. The molecule has 0 saturated heterocycles. The van der Waals surface area contributed by atoms with Gasteiger partial charge in [-0.2, -0.15) is 0 Å². The Bertz CT molecular complexity index is 1980. The number of pyridine rings is 1. The summed E-state index contributed by atoms with van der Waals surface area (Å²) in [5, 5.41) is 3.86. The third-order valence-electron chi connectivity index (χ3n) is 8.12. The molecule has 0 saturated carbocycles. The van der Waals surface area contributed by atoms with Crippen molar-refractivity contribution in [2.45, 2.75) is 18.5 Å². The minimum Gasteiger partial charge on any atom is -1.00 e. The molecule has 2 amide bonds. The van der Waals surface area contributed by atoms with Gasteiger partial charge in [0.25, 0.3) is 0 Å². The van der Waals surface area contributed by atoms with E-state index in [-0.39, 0.29) is 31.2 Å². The largest absolute Gasteiger partial charge is 1.00 e. The van der Waals surface area contributed by atoms with Crippen LogP contribution in [0.15, 0.2) is 139 Å². The Kier molecular flexibility index (Phi) is 14.3. The van der Waals surface area contributed by atoms with Crippen molar-refractivity contribution in [2.24, 2.45) is 18.5 Å². The number of aromatic nitrogens is 1. The number of anilines is 2. The Morgan fingerprint density at radius 1 is 0.900 bits per heavy atom. The molecule has 4 aromatic rings. The second kappa shape index (κ2) is 18.4. The molecule has 1 aliphatic heterocycles. The van der Waals surface area contributed by atoms with Crippen LogP contribution in [0, 0.1) is 0 Å². The molecule has 6 rings (SSSR count). The van der Waals surface area contributed by atoms with Gasteiger partial charge in [-0.05, 0) is 64.2 Å². The second-order valence-corrected chi connectivity index (χ2v) is 11.7. The fourth-order valence-corrected chi connectivity index (χ4v) is 5.43. The van der Waals surface area contributed by atoms with Crippen molar-refractivity contribution in [1.82, 2.24) is 4.90 Å². The maximum absolute atomic E-state index is 11.9. The minimum absolute atomic E-state index is 0. The molecule has 0 fully saturated rings. The van der Waals surface area contributed by atoms with Gasteiger partial charge in [-0.1, -0.05) is 85.0 Å². The van der Waals surface area contributed by atoms with Gasteiger partial charge in [0.2, 0.25) is 17.3 Å². The lowest BCUT2D eigenvalue weighted by Crippen LogP contribution is -3.00. The van der Waals surface area contributed by atoms with E-state index in [1.807, 2.05) is 67.9 Å². The summed E-state index contributed by atoms with van der Waals surface area (Å²) in [5.74, 6) is -1.05. The maximum Gasteiger partial charge on any atom is 0.241 e. The highest BCUT2D eigenvalue weighted by Crippen LogP contribution is 2.27. The van der Waals surface area contributed by atoms with E-state index in [2.05, 4.69) is 94.8 Å². The molecule has 2 aliphatic rings. The molecule has 8 nitrogen and oxygen atoms in total. The highest BCUT2D eigenvalue weighted by atomic mass is 35.5. The summed E-state index contributed by atoms with van der Waals surface area (Å²) < 4.78 is 2.09. The molecule has 10 heteroatoms. The Labute approximate surface area is 305 Å². The summed E-state index contributed by atoms with van der Waals surface area (Å²) in [6.45, 7) is 0. The van der Waals surface area contributed by atoms with Crippen LogP contribution in [0.1, 0.15) is 23.1 Å². The highest BCUT2D eigenvalue weighted by Gasteiger charge is 2.20. The number of carbonyl (C=O) groups excluding carboxylic acids is 2. The lowest BCUT2D eigenvalue weighted by molar-refractivity contribution is -0.644. The summed E-state index contributed by atoms with van der Waals surface area (Å²) in [5.41, 5.74) is 24.8. The number of primary amides is 1. The molecule has 2 atom stereocenters. The number of likely N-dealkylation sites (N-methyl/N-ethyl adjacent to an activating group) is 1. The molecule has 50 heavy (non-hydrogen) atoms. The highest BCUT2D eigenvalue weighted by molar-refractivity contribution is 5.97. The van der Waals surface area contributed by atoms with Gasteiger partial charge in [0.05, 0.1) is 23.9 Å². The number of hydrogen-bond donors (Lipinski definition) is 4. The first-order valence-electron chi connectivity index (χ1n) is 15.7. The zero-order valence-electron chi connectivity index (χ0n) is 27.9. The average Bonchev–Trinajstić information content (AvgIpc) is 3.09. The Hall–Kier alpha value is -5.41. The normalized spacial score (nSPS) is 15.2. The number of amides is 2. The number of para-hydroxylation sites is 1. The zero-order chi connectivity index (χ0) is 34.0. The van der Waals surface area contributed by atoms with Crippen LogP contribution in [0.4, 0.5) is 11.4 Å². The van der Waals surface area contributed by atoms with Crippen LogP contribution >= 0.6 is 12.4 Å². The van der Waals surface area contributed by atoms with Crippen LogP contribution in [0.5, 0.6) is 0 Å². The topological polar surface area (TPSA) is 131 Å². The van der Waals surface area contributed by atoms with Gasteiger partial charge in [0.1, 0.15) is 7.05 Å². The monoisotopic (exact) mass is 708 g/mol. The Morgan fingerprint density at radius 2 is 1.56 bits per heavy atom. The first-order valence-corrected chi connectivity index (χ1v) is 15.7. The predicted molar refractivity (Wildman–Crippen MR) is 204 cm³/mol. The van der Waals surface area contributed by atoms with Crippen molar-refractivity contribution in [1.29, 1.82) is 0 Å². The van der Waals surface area contributed by atoms with Crippen LogP contribution < -0.4 is 39.5 Å². The second-order valence-electron chi connectivity index (χ2n) is 11.7. The SMILES string of the molecule is CN1C=CC(C=Cc2ccc(N)cc2)=C2C=CC=CC21.C[n+]1ccc(C=Cc2ccc(NC(=O)[C@@H](N)CC(N)=O)cc2)c2ccccc21.Cl.[Cl-]. The number of rotatable bonds is 8. The van der Waals surface area contributed by atoms with Crippen LogP contribution in [0.2, 0.25) is 0 Å². The molecule has 1 unspecified atom stereocenters. The van der Waals surface area contributed by atoms with E-state index in [0.717, 1.165) is 27.9 Å². The molecule has 0 bridgehead atoms. The predicted octanol–water partition coefficient (Wildman–Crippen LogP) is 2.93. The number of benzene rings is 3. The molecular formula is C40H42Cl2N6O2. The molecule has 3 aromatic carbocycles. The number of aryl methyl sites for hydroxylation is 1. The first-order chi connectivity index (χ1) is 23.2. The van der Waals surface area contributed by atoms with Gasteiger partial charge < -0.3 is 39.8 Å². The zero-order valence-corrected chi connectivity index (χ0v) is 29.5. The van der Waals surface area contributed by atoms with Crippen LogP contribution in [0.25, 0.3) is 29.1 Å². The van der Waals surface area contributed by atoms with E-state index in [1.165, 1.54) is 16.5 Å². The van der Waals surface area contributed by atoms with Crippen molar-refractivity contribution in [3.05, 3.63) is 156 Å². The number of nitrogen functional groups attached to an aromatic ring is 1. The summed E-state index contributed by atoms with van der Waals surface area (Å²) in [4.78, 5) is 25.0. The lowest BCUT2D eigenvalue weighted by atomic mass is 9.92. The fourth-order valence-electron chi connectivity index (χ4n) is 5.43. The van der Waals surface area contributed by atoms with Crippen LogP contribution in [-0.4, -0.2) is 35.8 Å². The van der Waals surface area contributed by atoms with Crippen molar-refractivity contribution in [3.8, 4) is 0 Å². The molecule has 2 heterocycles. The molecule has 0 spiro atoms. The van der Waals surface area contributed by atoms with E-state index < -0.39 is 17.9 Å². The number of nitrogens with one attached hydrogen (secondary N) is 1. The van der Waals surface area contributed by atoms with Crippen molar-refractivity contribution in [2.75, 3.05) is 18.1 Å². The number of hydrogen-bond acceptors (Lipinski definition) is 5. The van der Waals surface area contributed by atoms with E-state index in [4.69, 9.17) is 17.2 Å². The van der Waals surface area contributed by atoms with Gasteiger partial charge in [-0.15, -0.1) is 12.4 Å². The fraction of sp³-hybridized carbons (Fsp3) is 0.125. The standard InChI is InChI=1S/C22H22N4O2.C18H18N2.2ClH/c1-26-13-12-16(18-4-2-3-5-20(18)26)9-6-15-7-10-17(11-8-15)25-22(28)19(23)14-21(24)27;1-20-13-12-15(17-4-2-3-5-18(17)20)9-6-14-7-10-16(19)11-8-14;;/h2-13,19H,14,23H2,1H3,(H2,24,27);2-13,18H,19H2,1H3;2*1H/t19-;;;/m0.../s1. The van der Waals surface area contributed by atoms with Gasteiger partial charge in [-0.3, -0.25) is 9.59 Å². The first kappa shape index (κ1) is 39.0. The Morgan fingerprint density at radius 3 is 2.26 bits per heavy atom. The van der Waals surface area contributed by atoms with Crippen molar-refractivity contribution < 1.29 is 26.6 Å². The van der Waals surface area contributed by atoms with Crippen LogP contribution in [-0.2, 0) is 16.6 Å².